The molecule has 2 rings (SSSR count). The van der Waals surface area contributed by atoms with E-state index >= 15 is 0 Å². The first kappa shape index (κ1) is 16.0. The second-order valence-corrected chi connectivity index (χ2v) is 7.62. The Bertz CT molecular complexity index is 736. The fraction of sp³-hybridized carbons (Fsp3) is 0.357. The molecule has 0 radical (unpaired) electrons. The molecule has 0 saturated carbocycles. The van der Waals surface area contributed by atoms with Crippen molar-refractivity contribution in [3.05, 3.63) is 40.1 Å². The zero-order valence-electron chi connectivity index (χ0n) is 12.2. The third-order valence-electron chi connectivity index (χ3n) is 3.20. The molecule has 0 atom stereocenters. The zero-order chi connectivity index (χ0) is 15.6. The van der Waals surface area contributed by atoms with E-state index in [1.54, 1.807) is 24.3 Å². The van der Waals surface area contributed by atoms with Crippen molar-refractivity contribution in [1.29, 1.82) is 0 Å². The highest BCUT2D eigenvalue weighted by molar-refractivity contribution is 9.10. The van der Waals surface area contributed by atoms with Crippen molar-refractivity contribution in [3.63, 3.8) is 0 Å². The summed E-state index contributed by atoms with van der Waals surface area (Å²) in [5, 5.41) is 7.72. The monoisotopic (exact) mass is 371 g/mol. The second-order valence-electron chi connectivity index (χ2n) is 4.81. The van der Waals surface area contributed by atoms with Gasteiger partial charge in [-0.1, -0.05) is 0 Å². The Balaban J connectivity index is 2.14. The predicted octanol–water partition coefficient (Wildman–Crippen LogP) is 2.99. The van der Waals surface area contributed by atoms with Crippen LogP contribution in [0.3, 0.4) is 0 Å². The van der Waals surface area contributed by atoms with Gasteiger partial charge in [-0.25, -0.2) is 8.42 Å². The van der Waals surface area contributed by atoms with Crippen LogP contribution in [0.15, 0.2) is 33.6 Å². The van der Waals surface area contributed by atoms with E-state index in [-0.39, 0.29) is 0 Å². The van der Waals surface area contributed by atoms with Crippen molar-refractivity contribution in [2.45, 2.75) is 31.8 Å². The Morgan fingerprint density at radius 3 is 2.43 bits per heavy atom. The van der Waals surface area contributed by atoms with Crippen LogP contribution in [0.5, 0.6) is 0 Å². The maximum absolute atomic E-state index is 11.4. The summed E-state index contributed by atoms with van der Waals surface area (Å²) in [6.07, 6.45) is 1.20. The van der Waals surface area contributed by atoms with Crippen LogP contribution >= 0.6 is 15.9 Å². The number of anilines is 1. The molecule has 0 amide bonds. The number of aryl methyl sites for hydroxylation is 2. The van der Waals surface area contributed by atoms with Crippen molar-refractivity contribution in [2.24, 2.45) is 0 Å². The lowest BCUT2D eigenvalue weighted by Crippen LogP contribution is -2.08. The maximum Gasteiger partial charge on any atom is 0.175 e. The van der Waals surface area contributed by atoms with Crippen molar-refractivity contribution < 1.29 is 8.42 Å². The van der Waals surface area contributed by atoms with Crippen molar-refractivity contribution in [2.75, 3.05) is 11.6 Å². The van der Waals surface area contributed by atoms with Gasteiger partial charge in [0, 0.05) is 18.5 Å². The van der Waals surface area contributed by atoms with Gasteiger partial charge in [0.05, 0.1) is 27.3 Å². The summed E-state index contributed by atoms with van der Waals surface area (Å²) in [6, 6.07) is 6.75. The Kier molecular flexibility index (Phi) is 4.73. The number of rotatable bonds is 5. The number of halogens is 1. The highest BCUT2D eigenvalue weighted by atomic mass is 79.9. The van der Waals surface area contributed by atoms with Gasteiger partial charge in [-0.3, -0.25) is 4.68 Å². The summed E-state index contributed by atoms with van der Waals surface area (Å²) in [6.45, 7) is 5.42. The Labute approximate surface area is 133 Å². The summed E-state index contributed by atoms with van der Waals surface area (Å²) in [5.74, 6) is 0. The van der Waals surface area contributed by atoms with E-state index in [1.165, 1.54) is 6.26 Å². The van der Waals surface area contributed by atoms with Crippen LogP contribution in [-0.2, 0) is 22.9 Å². The molecule has 114 valence electrons. The van der Waals surface area contributed by atoms with E-state index in [9.17, 15) is 8.42 Å². The summed E-state index contributed by atoms with van der Waals surface area (Å²) >= 11 is 3.55. The van der Waals surface area contributed by atoms with Gasteiger partial charge in [-0.15, -0.1) is 0 Å². The van der Waals surface area contributed by atoms with Gasteiger partial charge >= 0.3 is 0 Å². The van der Waals surface area contributed by atoms with Gasteiger partial charge in [-0.2, -0.15) is 5.10 Å². The first-order valence-corrected chi connectivity index (χ1v) is 9.27. The van der Waals surface area contributed by atoms with E-state index in [2.05, 4.69) is 26.3 Å². The minimum atomic E-state index is -3.15. The van der Waals surface area contributed by atoms with Gasteiger partial charge in [-0.05, 0) is 54.0 Å². The van der Waals surface area contributed by atoms with E-state index in [0.29, 0.717) is 11.4 Å². The molecule has 0 aliphatic rings. The topological polar surface area (TPSA) is 64.0 Å². The largest absolute Gasteiger partial charge is 0.379 e. The fourth-order valence-corrected chi connectivity index (χ4v) is 3.10. The minimum absolute atomic E-state index is 0.323. The van der Waals surface area contributed by atoms with Gasteiger partial charge in [0.15, 0.2) is 9.84 Å². The normalized spacial score (nSPS) is 11.6. The molecule has 0 aliphatic carbocycles. The van der Waals surface area contributed by atoms with Gasteiger partial charge < -0.3 is 5.32 Å². The van der Waals surface area contributed by atoms with Crippen LogP contribution < -0.4 is 5.32 Å². The van der Waals surface area contributed by atoms with Crippen LogP contribution in [0, 0.1) is 6.92 Å². The number of hydrogen-bond donors (Lipinski definition) is 1. The lowest BCUT2D eigenvalue weighted by molar-refractivity contribution is 0.602. The number of nitrogens with one attached hydrogen (secondary N) is 1. The first-order chi connectivity index (χ1) is 9.82. The van der Waals surface area contributed by atoms with Gasteiger partial charge in [0.25, 0.3) is 0 Å². The molecule has 0 saturated heterocycles. The molecule has 0 aliphatic heterocycles. The minimum Gasteiger partial charge on any atom is -0.379 e. The summed E-state index contributed by atoms with van der Waals surface area (Å²) in [5.41, 5.74) is 2.90. The number of benzene rings is 1. The molecule has 2 aromatic rings. The molecule has 1 N–H and O–H groups in total. The molecule has 1 aromatic carbocycles. The zero-order valence-corrected chi connectivity index (χ0v) is 14.6. The Morgan fingerprint density at radius 1 is 1.29 bits per heavy atom. The molecule has 0 spiro atoms. The number of aromatic nitrogens is 2. The average Bonchev–Trinajstić information content (AvgIpc) is 2.71. The van der Waals surface area contributed by atoms with Gasteiger partial charge in [0.2, 0.25) is 0 Å². The predicted molar refractivity (Wildman–Crippen MR) is 87.2 cm³/mol. The molecule has 7 heteroatoms. The molecule has 1 heterocycles. The standard InChI is InChI=1S/C14H18BrN3O2S/c1-4-18-13(14(15)10(2)17-18)9-16-11-5-7-12(8-6-11)21(3,19)20/h5-8,16H,4,9H2,1-3H3. The highest BCUT2D eigenvalue weighted by Gasteiger charge is 2.12. The van der Waals surface area contributed by atoms with E-state index in [4.69, 9.17) is 0 Å². The molecular formula is C14H18BrN3O2S. The molecule has 21 heavy (non-hydrogen) atoms. The molecule has 0 fully saturated rings. The quantitative estimate of drug-likeness (QED) is 0.877. The van der Waals surface area contributed by atoms with Gasteiger partial charge in [0.1, 0.15) is 0 Å². The van der Waals surface area contributed by atoms with Crippen LogP contribution in [-0.4, -0.2) is 24.5 Å². The summed E-state index contributed by atoms with van der Waals surface area (Å²) in [4.78, 5) is 0.323. The lowest BCUT2D eigenvalue weighted by atomic mass is 10.3. The molecular weight excluding hydrogens is 354 g/mol. The van der Waals surface area contributed by atoms with Crippen molar-refractivity contribution in [1.82, 2.24) is 9.78 Å². The van der Waals surface area contributed by atoms with Crippen LogP contribution in [0.4, 0.5) is 5.69 Å². The van der Waals surface area contributed by atoms with E-state index in [1.807, 2.05) is 18.5 Å². The van der Waals surface area contributed by atoms with Crippen molar-refractivity contribution >= 4 is 31.5 Å². The summed E-state index contributed by atoms with van der Waals surface area (Å²) < 4.78 is 25.8. The molecule has 0 unspecified atom stereocenters. The highest BCUT2D eigenvalue weighted by Crippen LogP contribution is 2.22. The van der Waals surface area contributed by atoms with E-state index < -0.39 is 9.84 Å². The first-order valence-electron chi connectivity index (χ1n) is 6.58. The summed E-state index contributed by atoms with van der Waals surface area (Å²) in [7, 11) is -3.15. The number of nitrogens with zero attached hydrogens (tertiary/aromatic N) is 2. The number of hydrogen-bond acceptors (Lipinski definition) is 4. The second kappa shape index (κ2) is 6.19. The molecule has 5 nitrogen and oxygen atoms in total. The van der Waals surface area contributed by atoms with Crippen LogP contribution in [0.1, 0.15) is 18.3 Å². The molecule has 1 aromatic heterocycles. The third-order valence-corrected chi connectivity index (χ3v) is 5.36. The molecule has 0 bridgehead atoms. The average molecular weight is 372 g/mol. The van der Waals surface area contributed by atoms with Crippen LogP contribution in [0.2, 0.25) is 0 Å². The lowest BCUT2D eigenvalue weighted by Gasteiger charge is -2.09. The maximum atomic E-state index is 11.4. The van der Waals surface area contributed by atoms with E-state index in [0.717, 1.165) is 28.1 Å². The smallest absolute Gasteiger partial charge is 0.175 e. The third kappa shape index (κ3) is 3.65. The fourth-order valence-electron chi connectivity index (χ4n) is 2.04. The Morgan fingerprint density at radius 2 is 1.90 bits per heavy atom. The Hall–Kier alpha value is -1.34. The SMILES string of the molecule is CCn1nc(C)c(Br)c1CNc1ccc(S(C)(=O)=O)cc1. The van der Waals surface area contributed by atoms with Crippen LogP contribution in [0.25, 0.3) is 0 Å². The number of sulfone groups is 1. The van der Waals surface area contributed by atoms with Crippen molar-refractivity contribution in [3.8, 4) is 0 Å².